The normalized spacial score (nSPS) is 15.4. The van der Waals surface area contributed by atoms with E-state index in [1.54, 1.807) is 12.0 Å². The minimum absolute atomic E-state index is 0.0159. The van der Waals surface area contributed by atoms with Crippen LogP contribution in [0.1, 0.15) is 42.2 Å². The number of sulfonamides is 1. The van der Waals surface area contributed by atoms with E-state index in [9.17, 15) is 13.2 Å². The number of ether oxygens (including phenoxy) is 3. The molecular weight excluding hydrogens is 444 g/mol. The fraction of sp³-hybridized carbons (Fsp3) is 0.458. The summed E-state index contributed by atoms with van der Waals surface area (Å²) in [6.45, 7) is 5.88. The number of hydrogen-bond acceptors (Lipinski definition) is 6. The number of nitrogens with zero attached hydrogens (tertiary/aromatic N) is 1. The van der Waals surface area contributed by atoms with E-state index < -0.39 is 16.1 Å². The van der Waals surface area contributed by atoms with Gasteiger partial charge in [0.25, 0.3) is 5.91 Å². The van der Waals surface area contributed by atoms with Gasteiger partial charge in [0.2, 0.25) is 10.0 Å². The van der Waals surface area contributed by atoms with Crippen LogP contribution in [0.2, 0.25) is 0 Å². The molecule has 2 aromatic carbocycles. The lowest BCUT2D eigenvalue weighted by Crippen LogP contribution is -2.41. The van der Waals surface area contributed by atoms with E-state index in [0.29, 0.717) is 44.2 Å². The monoisotopic (exact) mass is 476 g/mol. The first-order chi connectivity index (χ1) is 15.7. The molecule has 1 saturated heterocycles. The first-order valence-electron chi connectivity index (χ1n) is 11.0. The molecule has 0 saturated carbocycles. The Hall–Kier alpha value is -2.62. The number of benzene rings is 2. The predicted octanol–water partition coefficient (Wildman–Crippen LogP) is 3.24. The highest BCUT2D eigenvalue weighted by Gasteiger charge is 2.27. The zero-order chi connectivity index (χ0) is 24.0. The van der Waals surface area contributed by atoms with Gasteiger partial charge < -0.3 is 19.1 Å². The summed E-state index contributed by atoms with van der Waals surface area (Å²) in [5.41, 5.74) is 1.05. The average Bonchev–Trinajstić information content (AvgIpc) is 2.83. The summed E-state index contributed by atoms with van der Waals surface area (Å²) >= 11 is 0. The van der Waals surface area contributed by atoms with Gasteiger partial charge in [-0.05, 0) is 48.2 Å². The maximum Gasteiger partial charge on any atom is 0.257 e. The summed E-state index contributed by atoms with van der Waals surface area (Å²) < 4.78 is 45.4. The third kappa shape index (κ3) is 6.25. The standard InChI is InChI=1S/C24H32N2O6S/c1-17(2)15-22(18-5-7-19(30-3)8-6-18)25-33(28,29)20-9-10-23(31-4)21(16-20)24(27)26-11-13-32-14-12-26/h5-10,16-17,22,25H,11-15H2,1-4H3/t22-/m0/s1. The van der Waals surface area contributed by atoms with E-state index in [2.05, 4.69) is 4.72 Å². The highest BCUT2D eigenvalue weighted by Crippen LogP contribution is 2.28. The molecule has 0 aromatic heterocycles. The molecule has 2 aromatic rings. The summed E-state index contributed by atoms with van der Waals surface area (Å²) in [4.78, 5) is 14.7. The fourth-order valence-corrected chi connectivity index (χ4v) is 5.04. The van der Waals surface area contributed by atoms with E-state index in [0.717, 1.165) is 5.56 Å². The van der Waals surface area contributed by atoms with Gasteiger partial charge in [-0.25, -0.2) is 13.1 Å². The van der Waals surface area contributed by atoms with Crippen molar-refractivity contribution >= 4 is 15.9 Å². The van der Waals surface area contributed by atoms with Crippen LogP contribution in [-0.2, 0) is 14.8 Å². The Bertz CT molecular complexity index is 1050. The molecule has 8 nitrogen and oxygen atoms in total. The number of carbonyl (C=O) groups excluding carboxylic acids is 1. The Balaban J connectivity index is 1.91. The summed E-state index contributed by atoms with van der Waals surface area (Å²) in [6.07, 6.45) is 0.612. The summed E-state index contributed by atoms with van der Waals surface area (Å²) in [7, 11) is -0.868. The highest BCUT2D eigenvalue weighted by atomic mass is 32.2. The van der Waals surface area contributed by atoms with Crippen LogP contribution in [0, 0.1) is 5.92 Å². The average molecular weight is 477 g/mol. The van der Waals surface area contributed by atoms with Crippen LogP contribution in [0.25, 0.3) is 0 Å². The van der Waals surface area contributed by atoms with Gasteiger partial charge >= 0.3 is 0 Å². The Morgan fingerprint density at radius 2 is 1.73 bits per heavy atom. The van der Waals surface area contributed by atoms with Crippen LogP contribution in [0.3, 0.4) is 0 Å². The van der Waals surface area contributed by atoms with Crippen molar-refractivity contribution < 1.29 is 27.4 Å². The molecular formula is C24H32N2O6S. The second kappa shape index (κ2) is 11.0. The second-order valence-electron chi connectivity index (χ2n) is 8.34. The van der Waals surface area contributed by atoms with Crippen molar-refractivity contribution in [1.82, 2.24) is 9.62 Å². The summed E-state index contributed by atoms with van der Waals surface area (Å²) in [5, 5.41) is 0. The van der Waals surface area contributed by atoms with E-state index in [1.807, 2.05) is 38.1 Å². The van der Waals surface area contributed by atoms with E-state index in [1.165, 1.54) is 25.3 Å². The predicted molar refractivity (Wildman–Crippen MR) is 125 cm³/mol. The molecule has 0 bridgehead atoms. The molecule has 1 aliphatic heterocycles. The molecule has 1 atom stereocenters. The van der Waals surface area contributed by atoms with Crippen molar-refractivity contribution in [3.8, 4) is 11.5 Å². The van der Waals surface area contributed by atoms with Gasteiger partial charge in [0.1, 0.15) is 11.5 Å². The molecule has 0 aliphatic carbocycles. The van der Waals surface area contributed by atoms with Gasteiger partial charge in [-0.15, -0.1) is 0 Å². The Morgan fingerprint density at radius 1 is 1.06 bits per heavy atom. The molecule has 0 unspecified atom stereocenters. The Kier molecular flexibility index (Phi) is 8.34. The molecule has 0 radical (unpaired) electrons. The molecule has 1 N–H and O–H groups in total. The Labute approximate surface area is 195 Å². The van der Waals surface area contributed by atoms with Gasteiger partial charge in [-0.1, -0.05) is 26.0 Å². The minimum atomic E-state index is -3.91. The van der Waals surface area contributed by atoms with Crippen LogP contribution in [-0.4, -0.2) is 59.7 Å². The van der Waals surface area contributed by atoms with Crippen molar-refractivity contribution in [2.45, 2.75) is 31.2 Å². The SMILES string of the molecule is COc1ccc([C@H](CC(C)C)NS(=O)(=O)c2ccc(OC)c(C(=O)N3CCOCC3)c2)cc1. The molecule has 33 heavy (non-hydrogen) atoms. The zero-order valence-electron chi connectivity index (χ0n) is 19.5. The molecule has 3 rings (SSSR count). The largest absolute Gasteiger partial charge is 0.497 e. The van der Waals surface area contributed by atoms with Gasteiger partial charge in [-0.2, -0.15) is 0 Å². The lowest BCUT2D eigenvalue weighted by atomic mass is 9.98. The number of carbonyl (C=O) groups is 1. The quantitative estimate of drug-likeness (QED) is 0.597. The fourth-order valence-electron chi connectivity index (χ4n) is 3.77. The van der Waals surface area contributed by atoms with Crippen molar-refractivity contribution in [3.05, 3.63) is 53.6 Å². The molecule has 9 heteroatoms. The molecule has 1 aliphatic rings. The summed E-state index contributed by atoms with van der Waals surface area (Å²) in [5.74, 6) is 1.01. The zero-order valence-corrected chi connectivity index (χ0v) is 20.4. The number of amides is 1. The first-order valence-corrected chi connectivity index (χ1v) is 12.4. The molecule has 0 spiro atoms. The molecule has 180 valence electrons. The maximum atomic E-state index is 13.3. The van der Waals surface area contributed by atoms with Gasteiger partial charge in [0, 0.05) is 19.1 Å². The van der Waals surface area contributed by atoms with E-state index in [4.69, 9.17) is 14.2 Å². The number of hydrogen-bond donors (Lipinski definition) is 1. The van der Waals surface area contributed by atoms with Crippen molar-refractivity contribution in [2.75, 3.05) is 40.5 Å². The second-order valence-corrected chi connectivity index (χ2v) is 10.1. The molecule has 1 heterocycles. The Morgan fingerprint density at radius 3 is 2.30 bits per heavy atom. The lowest BCUT2D eigenvalue weighted by Gasteiger charge is -2.27. The van der Waals surface area contributed by atoms with E-state index in [-0.39, 0.29) is 22.3 Å². The number of rotatable bonds is 9. The first kappa shape index (κ1) is 25.0. The van der Waals surface area contributed by atoms with Crippen molar-refractivity contribution in [1.29, 1.82) is 0 Å². The van der Waals surface area contributed by atoms with Gasteiger partial charge in [-0.3, -0.25) is 4.79 Å². The van der Waals surface area contributed by atoms with Gasteiger partial charge in [0.15, 0.2) is 0 Å². The van der Waals surface area contributed by atoms with E-state index >= 15 is 0 Å². The number of morpholine rings is 1. The van der Waals surface area contributed by atoms with Crippen LogP contribution < -0.4 is 14.2 Å². The topological polar surface area (TPSA) is 94.2 Å². The van der Waals surface area contributed by atoms with Gasteiger partial charge in [0.05, 0.1) is 37.9 Å². The smallest absolute Gasteiger partial charge is 0.257 e. The number of methoxy groups -OCH3 is 2. The van der Waals surface area contributed by atoms with Crippen LogP contribution in [0.4, 0.5) is 0 Å². The highest BCUT2D eigenvalue weighted by molar-refractivity contribution is 7.89. The van der Waals surface area contributed by atoms with Crippen LogP contribution >= 0.6 is 0 Å². The van der Waals surface area contributed by atoms with Crippen molar-refractivity contribution in [3.63, 3.8) is 0 Å². The number of nitrogens with one attached hydrogen (secondary N) is 1. The summed E-state index contributed by atoms with van der Waals surface area (Å²) in [6, 6.07) is 11.3. The van der Waals surface area contributed by atoms with Crippen LogP contribution in [0.15, 0.2) is 47.4 Å². The third-order valence-electron chi connectivity index (χ3n) is 5.53. The maximum absolute atomic E-state index is 13.3. The molecule has 1 fully saturated rings. The van der Waals surface area contributed by atoms with Crippen molar-refractivity contribution in [2.24, 2.45) is 5.92 Å². The lowest BCUT2D eigenvalue weighted by molar-refractivity contribution is 0.0300. The van der Waals surface area contributed by atoms with Crippen LogP contribution in [0.5, 0.6) is 11.5 Å². The minimum Gasteiger partial charge on any atom is -0.497 e. The molecule has 1 amide bonds. The third-order valence-corrected chi connectivity index (χ3v) is 7.00.